The summed E-state index contributed by atoms with van der Waals surface area (Å²) < 4.78 is 2.20. The van der Waals surface area contributed by atoms with Crippen molar-refractivity contribution in [1.82, 2.24) is 9.88 Å². The lowest BCUT2D eigenvalue weighted by atomic mass is 10.3. The number of hydrogen-bond donors (Lipinski definition) is 1. The van der Waals surface area contributed by atoms with E-state index in [2.05, 4.69) is 53.6 Å². The van der Waals surface area contributed by atoms with Crippen molar-refractivity contribution in [2.24, 2.45) is 0 Å². The van der Waals surface area contributed by atoms with Gasteiger partial charge in [0.05, 0.1) is 0 Å². The SMILES string of the molecule is CCn1ccc(CNCc2sccc2C)c1. The van der Waals surface area contributed by atoms with E-state index < -0.39 is 0 Å². The molecule has 0 bridgehead atoms. The van der Waals surface area contributed by atoms with Crippen LogP contribution >= 0.6 is 11.3 Å². The van der Waals surface area contributed by atoms with Gasteiger partial charge >= 0.3 is 0 Å². The van der Waals surface area contributed by atoms with Crippen LogP contribution < -0.4 is 5.32 Å². The van der Waals surface area contributed by atoms with E-state index in [0.717, 1.165) is 19.6 Å². The first-order valence-electron chi connectivity index (χ1n) is 5.68. The van der Waals surface area contributed by atoms with Gasteiger partial charge in [0.1, 0.15) is 0 Å². The van der Waals surface area contributed by atoms with Crippen LogP contribution in [0.5, 0.6) is 0 Å². The quantitative estimate of drug-likeness (QED) is 0.841. The number of nitrogens with zero attached hydrogens (tertiary/aromatic N) is 1. The topological polar surface area (TPSA) is 17.0 Å². The predicted molar refractivity (Wildman–Crippen MR) is 69.7 cm³/mol. The van der Waals surface area contributed by atoms with Crippen LogP contribution in [0.1, 0.15) is 22.9 Å². The molecule has 0 atom stereocenters. The molecule has 2 heterocycles. The van der Waals surface area contributed by atoms with Gasteiger partial charge in [-0.3, -0.25) is 0 Å². The summed E-state index contributed by atoms with van der Waals surface area (Å²) in [5, 5.41) is 5.63. The summed E-state index contributed by atoms with van der Waals surface area (Å²) in [5.74, 6) is 0. The van der Waals surface area contributed by atoms with Crippen molar-refractivity contribution in [3.63, 3.8) is 0 Å². The molecule has 0 saturated carbocycles. The molecule has 0 spiro atoms. The van der Waals surface area contributed by atoms with Crippen LogP contribution in [0.4, 0.5) is 0 Å². The molecule has 0 saturated heterocycles. The van der Waals surface area contributed by atoms with Crippen LogP contribution in [-0.4, -0.2) is 4.57 Å². The Balaban J connectivity index is 1.82. The maximum absolute atomic E-state index is 3.48. The highest BCUT2D eigenvalue weighted by molar-refractivity contribution is 7.10. The molecule has 0 aliphatic rings. The lowest BCUT2D eigenvalue weighted by Gasteiger charge is -2.02. The maximum atomic E-state index is 3.48. The van der Waals surface area contributed by atoms with Crippen LogP contribution in [0, 0.1) is 6.92 Å². The fraction of sp³-hybridized carbons (Fsp3) is 0.385. The number of aromatic nitrogens is 1. The Morgan fingerprint density at radius 2 is 2.19 bits per heavy atom. The average Bonchev–Trinajstić information content (AvgIpc) is 2.89. The number of rotatable bonds is 5. The van der Waals surface area contributed by atoms with E-state index in [-0.39, 0.29) is 0 Å². The molecule has 1 N–H and O–H groups in total. The summed E-state index contributed by atoms with van der Waals surface area (Å²) in [6.07, 6.45) is 4.34. The summed E-state index contributed by atoms with van der Waals surface area (Å²) >= 11 is 1.83. The van der Waals surface area contributed by atoms with Gasteiger partial charge in [-0.1, -0.05) is 0 Å². The zero-order valence-corrected chi connectivity index (χ0v) is 10.7. The van der Waals surface area contributed by atoms with E-state index in [1.54, 1.807) is 0 Å². The third-order valence-corrected chi connectivity index (χ3v) is 3.78. The molecule has 86 valence electrons. The molecular weight excluding hydrogens is 216 g/mol. The fourth-order valence-electron chi connectivity index (χ4n) is 1.70. The highest BCUT2D eigenvalue weighted by atomic mass is 32.1. The van der Waals surface area contributed by atoms with E-state index in [9.17, 15) is 0 Å². The first kappa shape index (κ1) is 11.4. The smallest absolute Gasteiger partial charge is 0.0305 e. The van der Waals surface area contributed by atoms with Crippen molar-refractivity contribution >= 4 is 11.3 Å². The van der Waals surface area contributed by atoms with Gasteiger partial charge in [0, 0.05) is 36.9 Å². The molecule has 0 unspecified atom stereocenters. The van der Waals surface area contributed by atoms with Crippen LogP contribution in [0.3, 0.4) is 0 Å². The van der Waals surface area contributed by atoms with Crippen molar-refractivity contribution in [1.29, 1.82) is 0 Å². The predicted octanol–water partition coefficient (Wildman–Crippen LogP) is 3.17. The van der Waals surface area contributed by atoms with E-state index in [1.807, 2.05) is 11.3 Å². The van der Waals surface area contributed by atoms with Crippen LogP contribution in [-0.2, 0) is 19.6 Å². The molecule has 3 heteroatoms. The second-order valence-corrected chi connectivity index (χ2v) is 4.98. The molecule has 0 radical (unpaired) electrons. The number of nitrogens with one attached hydrogen (secondary N) is 1. The molecular formula is C13H18N2S. The van der Waals surface area contributed by atoms with Gasteiger partial charge < -0.3 is 9.88 Å². The van der Waals surface area contributed by atoms with Gasteiger partial charge in [-0.05, 0) is 42.5 Å². The Kier molecular flexibility index (Phi) is 3.80. The number of thiophene rings is 1. The summed E-state index contributed by atoms with van der Waals surface area (Å²) in [5.41, 5.74) is 2.75. The molecule has 0 fully saturated rings. The standard InChI is InChI=1S/C13H18N2S/c1-3-15-6-4-12(10-15)8-14-9-13-11(2)5-7-16-13/h4-7,10,14H,3,8-9H2,1-2H3. The van der Waals surface area contributed by atoms with E-state index in [0.29, 0.717) is 0 Å². The molecule has 0 aliphatic carbocycles. The van der Waals surface area contributed by atoms with Crippen molar-refractivity contribution in [3.05, 3.63) is 45.9 Å². The Labute approximate surface area is 101 Å². The van der Waals surface area contributed by atoms with Crippen molar-refractivity contribution in [2.45, 2.75) is 33.5 Å². The maximum Gasteiger partial charge on any atom is 0.0305 e. The molecule has 2 rings (SSSR count). The largest absolute Gasteiger partial charge is 0.354 e. The average molecular weight is 234 g/mol. The molecule has 0 aliphatic heterocycles. The van der Waals surface area contributed by atoms with Gasteiger partial charge in [0.2, 0.25) is 0 Å². The van der Waals surface area contributed by atoms with Gasteiger partial charge in [-0.15, -0.1) is 11.3 Å². The third-order valence-electron chi connectivity index (χ3n) is 2.76. The van der Waals surface area contributed by atoms with E-state index in [1.165, 1.54) is 16.0 Å². The minimum atomic E-state index is 0.949. The second kappa shape index (κ2) is 5.32. The Morgan fingerprint density at radius 1 is 1.31 bits per heavy atom. The molecule has 0 aromatic carbocycles. The molecule has 2 aromatic rings. The fourth-order valence-corrected chi connectivity index (χ4v) is 2.57. The van der Waals surface area contributed by atoms with Gasteiger partial charge in [0.25, 0.3) is 0 Å². The second-order valence-electron chi connectivity index (χ2n) is 3.98. The minimum absolute atomic E-state index is 0.949. The monoisotopic (exact) mass is 234 g/mol. The molecule has 2 aromatic heterocycles. The Morgan fingerprint density at radius 3 is 2.81 bits per heavy atom. The number of hydrogen-bond acceptors (Lipinski definition) is 2. The van der Waals surface area contributed by atoms with Crippen LogP contribution in [0.15, 0.2) is 29.9 Å². The Bertz CT molecular complexity index is 442. The minimum Gasteiger partial charge on any atom is -0.354 e. The van der Waals surface area contributed by atoms with Crippen LogP contribution in [0.2, 0.25) is 0 Å². The molecule has 2 nitrogen and oxygen atoms in total. The lowest BCUT2D eigenvalue weighted by molar-refractivity contribution is 0.693. The highest BCUT2D eigenvalue weighted by Crippen LogP contribution is 2.15. The molecule has 16 heavy (non-hydrogen) atoms. The summed E-state index contributed by atoms with van der Waals surface area (Å²) in [6, 6.07) is 4.35. The van der Waals surface area contributed by atoms with Gasteiger partial charge in [0.15, 0.2) is 0 Å². The summed E-state index contributed by atoms with van der Waals surface area (Å²) in [7, 11) is 0. The van der Waals surface area contributed by atoms with E-state index in [4.69, 9.17) is 0 Å². The summed E-state index contributed by atoms with van der Waals surface area (Å²) in [4.78, 5) is 1.44. The first-order valence-corrected chi connectivity index (χ1v) is 6.56. The van der Waals surface area contributed by atoms with Crippen molar-refractivity contribution in [2.75, 3.05) is 0 Å². The third kappa shape index (κ3) is 2.74. The zero-order valence-electron chi connectivity index (χ0n) is 9.86. The first-order chi connectivity index (χ1) is 7.79. The number of aryl methyl sites for hydroxylation is 2. The van der Waals surface area contributed by atoms with Gasteiger partial charge in [-0.2, -0.15) is 0 Å². The van der Waals surface area contributed by atoms with Crippen LogP contribution in [0.25, 0.3) is 0 Å². The van der Waals surface area contributed by atoms with Crippen molar-refractivity contribution in [3.8, 4) is 0 Å². The molecule has 0 amide bonds. The normalized spacial score (nSPS) is 10.9. The van der Waals surface area contributed by atoms with Crippen molar-refractivity contribution < 1.29 is 0 Å². The highest BCUT2D eigenvalue weighted by Gasteiger charge is 2.00. The lowest BCUT2D eigenvalue weighted by Crippen LogP contribution is -2.11. The van der Waals surface area contributed by atoms with E-state index >= 15 is 0 Å². The summed E-state index contributed by atoms with van der Waals surface area (Å²) in [6.45, 7) is 7.29. The Hall–Kier alpha value is -1.06. The van der Waals surface area contributed by atoms with Gasteiger partial charge in [-0.25, -0.2) is 0 Å². The zero-order chi connectivity index (χ0) is 11.4.